The van der Waals surface area contributed by atoms with Gasteiger partial charge in [0.2, 0.25) is 0 Å². The first-order valence-corrected chi connectivity index (χ1v) is 7.31. The third-order valence-electron chi connectivity index (χ3n) is 4.32. The van der Waals surface area contributed by atoms with Crippen LogP contribution in [-0.2, 0) is 0 Å². The molecule has 2 saturated heterocycles. The largest absolute Gasteiger partial charge is 0.316 e. The predicted molar refractivity (Wildman–Crippen MR) is 69.7 cm³/mol. The van der Waals surface area contributed by atoms with Gasteiger partial charge in [0.25, 0.3) is 0 Å². The zero-order chi connectivity index (χ0) is 11.2. The molecule has 0 aromatic heterocycles. The van der Waals surface area contributed by atoms with Gasteiger partial charge in [0.05, 0.1) is 0 Å². The van der Waals surface area contributed by atoms with Gasteiger partial charge in [-0.1, -0.05) is 19.8 Å². The summed E-state index contributed by atoms with van der Waals surface area (Å²) >= 11 is 0. The summed E-state index contributed by atoms with van der Waals surface area (Å²) in [6, 6.07) is 0. The van der Waals surface area contributed by atoms with Gasteiger partial charge in [-0.2, -0.15) is 0 Å². The third-order valence-corrected chi connectivity index (χ3v) is 4.32. The maximum absolute atomic E-state index is 3.53. The van der Waals surface area contributed by atoms with Crippen molar-refractivity contribution in [3.05, 3.63) is 0 Å². The topological polar surface area (TPSA) is 15.3 Å². The van der Waals surface area contributed by atoms with Crippen LogP contribution < -0.4 is 5.32 Å². The molecule has 0 aromatic rings. The van der Waals surface area contributed by atoms with Crippen molar-refractivity contribution in [3.63, 3.8) is 0 Å². The lowest BCUT2D eigenvalue weighted by Gasteiger charge is -2.35. The Kier molecular flexibility index (Phi) is 5.11. The lowest BCUT2D eigenvalue weighted by atomic mass is 9.91. The Balaban J connectivity index is 1.64. The van der Waals surface area contributed by atoms with Gasteiger partial charge < -0.3 is 10.2 Å². The second-order valence-corrected chi connectivity index (χ2v) is 5.75. The Morgan fingerprint density at radius 3 is 2.56 bits per heavy atom. The molecular formula is C14H28N2. The molecule has 0 amide bonds. The Labute approximate surface area is 101 Å². The van der Waals surface area contributed by atoms with Crippen LogP contribution in [0.4, 0.5) is 0 Å². The highest BCUT2D eigenvalue weighted by Gasteiger charge is 2.21. The first-order valence-electron chi connectivity index (χ1n) is 7.31. The molecule has 94 valence electrons. The van der Waals surface area contributed by atoms with Gasteiger partial charge in [-0.3, -0.25) is 0 Å². The SMILES string of the molecule is CCCC1CCN(CC2CCCNC2)CC1. The average molecular weight is 224 g/mol. The van der Waals surface area contributed by atoms with Gasteiger partial charge in [-0.25, -0.2) is 0 Å². The number of hydrogen-bond acceptors (Lipinski definition) is 2. The molecule has 2 aliphatic rings. The van der Waals surface area contributed by atoms with E-state index in [1.807, 2.05) is 0 Å². The molecule has 2 nitrogen and oxygen atoms in total. The van der Waals surface area contributed by atoms with Crippen molar-refractivity contribution in [1.29, 1.82) is 0 Å². The molecule has 0 aliphatic carbocycles. The number of nitrogens with zero attached hydrogens (tertiary/aromatic N) is 1. The van der Waals surface area contributed by atoms with E-state index in [0.29, 0.717) is 0 Å². The predicted octanol–water partition coefficient (Wildman–Crippen LogP) is 2.50. The molecule has 0 radical (unpaired) electrons. The van der Waals surface area contributed by atoms with Crippen molar-refractivity contribution in [2.75, 3.05) is 32.7 Å². The van der Waals surface area contributed by atoms with E-state index >= 15 is 0 Å². The summed E-state index contributed by atoms with van der Waals surface area (Å²) in [6.07, 6.45) is 8.57. The third kappa shape index (κ3) is 3.74. The van der Waals surface area contributed by atoms with Crippen LogP contribution in [0, 0.1) is 11.8 Å². The summed E-state index contributed by atoms with van der Waals surface area (Å²) in [5.41, 5.74) is 0. The number of rotatable bonds is 4. The van der Waals surface area contributed by atoms with E-state index in [2.05, 4.69) is 17.1 Å². The molecule has 0 bridgehead atoms. The van der Waals surface area contributed by atoms with Gasteiger partial charge in [0.1, 0.15) is 0 Å². The maximum Gasteiger partial charge on any atom is 0.00218 e. The minimum absolute atomic E-state index is 0.927. The minimum Gasteiger partial charge on any atom is -0.316 e. The van der Waals surface area contributed by atoms with E-state index < -0.39 is 0 Å². The molecule has 1 unspecified atom stereocenters. The van der Waals surface area contributed by atoms with E-state index in [-0.39, 0.29) is 0 Å². The monoisotopic (exact) mass is 224 g/mol. The molecule has 1 N–H and O–H groups in total. The number of likely N-dealkylation sites (tertiary alicyclic amines) is 1. The lowest BCUT2D eigenvalue weighted by Crippen LogP contribution is -2.41. The van der Waals surface area contributed by atoms with E-state index in [4.69, 9.17) is 0 Å². The van der Waals surface area contributed by atoms with E-state index in [1.54, 1.807) is 0 Å². The Hall–Kier alpha value is -0.0800. The van der Waals surface area contributed by atoms with Crippen molar-refractivity contribution < 1.29 is 0 Å². The van der Waals surface area contributed by atoms with Crippen molar-refractivity contribution in [2.24, 2.45) is 11.8 Å². The molecule has 16 heavy (non-hydrogen) atoms. The lowest BCUT2D eigenvalue weighted by molar-refractivity contribution is 0.146. The smallest absolute Gasteiger partial charge is 0.00218 e. The summed E-state index contributed by atoms with van der Waals surface area (Å²) in [6.45, 7) is 8.90. The molecule has 2 aliphatic heterocycles. The molecule has 0 spiro atoms. The second kappa shape index (κ2) is 6.61. The Morgan fingerprint density at radius 1 is 1.12 bits per heavy atom. The average Bonchev–Trinajstić information content (AvgIpc) is 2.33. The van der Waals surface area contributed by atoms with Gasteiger partial charge >= 0.3 is 0 Å². The van der Waals surface area contributed by atoms with Crippen molar-refractivity contribution >= 4 is 0 Å². The molecule has 2 rings (SSSR count). The maximum atomic E-state index is 3.53. The summed E-state index contributed by atoms with van der Waals surface area (Å²) in [5, 5.41) is 3.53. The molecule has 2 fully saturated rings. The molecular weight excluding hydrogens is 196 g/mol. The summed E-state index contributed by atoms with van der Waals surface area (Å²) in [7, 11) is 0. The fraction of sp³-hybridized carbons (Fsp3) is 1.00. The number of nitrogens with one attached hydrogen (secondary N) is 1. The van der Waals surface area contributed by atoms with Crippen molar-refractivity contribution in [2.45, 2.75) is 45.4 Å². The molecule has 1 atom stereocenters. The van der Waals surface area contributed by atoms with Crippen LogP contribution in [0.1, 0.15) is 45.4 Å². The van der Waals surface area contributed by atoms with E-state index in [9.17, 15) is 0 Å². The quantitative estimate of drug-likeness (QED) is 0.789. The van der Waals surface area contributed by atoms with Crippen LogP contribution in [0.5, 0.6) is 0 Å². The van der Waals surface area contributed by atoms with Crippen LogP contribution in [0.15, 0.2) is 0 Å². The number of hydrogen-bond donors (Lipinski definition) is 1. The van der Waals surface area contributed by atoms with Gasteiger partial charge in [-0.05, 0) is 63.7 Å². The summed E-state index contributed by atoms with van der Waals surface area (Å²) < 4.78 is 0. The van der Waals surface area contributed by atoms with Crippen LogP contribution in [0.25, 0.3) is 0 Å². The zero-order valence-corrected chi connectivity index (χ0v) is 10.9. The summed E-state index contributed by atoms with van der Waals surface area (Å²) in [5.74, 6) is 1.96. The van der Waals surface area contributed by atoms with E-state index in [1.165, 1.54) is 71.2 Å². The zero-order valence-electron chi connectivity index (χ0n) is 10.9. The van der Waals surface area contributed by atoms with Crippen molar-refractivity contribution in [1.82, 2.24) is 10.2 Å². The van der Waals surface area contributed by atoms with Gasteiger partial charge in [0, 0.05) is 6.54 Å². The normalized spacial score (nSPS) is 29.4. The van der Waals surface area contributed by atoms with Crippen LogP contribution in [-0.4, -0.2) is 37.6 Å². The fourth-order valence-electron chi connectivity index (χ4n) is 3.31. The Morgan fingerprint density at radius 2 is 1.94 bits per heavy atom. The minimum atomic E-state index is 0.927. The van der Waals surface area contributed by atoms with Crippen LogP contribution in [0.2, 0.25) is 0 Å². The Bertz CT molecular complexity index is 179. The molecule has 2 heterocycles. The van der Waals surface area contributed by atoms with E-state index in [0.717, 1.165) is 11.8 Å². The molecule has 0 aromatic carbocycles. The molecule has 2 heteroatoms. The number of piperidine rings is 2. The first-order chi connectivity index (χ1) is 7.88. The fourth-order valence-corrected chi connectivity index (χ4v) is 3.31. The van der Waals surface area contributed by atoms with Gasteiger partial charge in [0.15, 0.2) is 0 Å². The van der Waals surface area contributed by atoms with Crippen LogP contribution in [0.3, 0.4) is 0 Å². The highest BCUT2D eigenvalue weighted by molar-refractivity contribution is 4.77. The molecule has 0 saturated carbocycles. The highest BCUT2D eigenvalue weighted by atomic mass is 15.1. The second-order valence-electron chi connectivity index (χ2n) is 5.75. The highest BCUT2D eigenvalue weighted by Crippen LogP contribution is 2.23. The summed E-state index contributed by atoms with van der Waals surface area (Å²) in [4.78, 5) is 2.71. The first kappa shape index (κ1) is 12.4. The van der Waals surface area contributed by atoms with Crippen molar-refractivity contribution in [3.8, 4) is 0 Å². The van der Waals surface area contributed by atoms with Gasteiger partial charge in [-0.15, -0.1) is 0 Å². The standard InChI is InChI=1S/C14H28N2/c1-2-4-13-6-9-16(10-7-13)12-14-5-3-8-15-11-14/h13-15H,2-12H2,1H3. The van der Waals surface area contributed by atoms with Crippen LogP contribution >= 0.6 is 0 Å².